The number of hydrogen-bond acceptors (Lipinski definition) is 3. The van der Waals surface area contributed by atoms with E-state index < -0.39 is 0 Å². The van der Waals surface area contributed by atoms with E-state index in [0.717, 1.165) is 35.2 Å². The van der Waals surface area contributed by atoms with E-state index in [0.29, 0.717) is 6.42 Å². The average Bonchev–Trinajstić information content (AvgIpc) is 2.68. The zero-order valence-corrected chi connectivity index (χ0v) is 15.0. The third-order valence-electron chi connectivity index (χ3n) is 4.33. The van der Waals surface area contributed by atoms with Gasteiger partial charge in [0.1, 0.15) is 0 Å². The van der Waals surface area contributed by atoms with E-state index in [9.17, 15) is 4.79 Å². The van der Waals surface area contributed by atoms with Gasteiger partial charge < -0.3 is 0 Å². The number of nitrogens with zero attached hydrogens (tertiary/aromatic N) is 3. The summed E-state index contributed by atoms with van der Waals surface area (Å²) in [7, 11) is 3.98. The third kappa shape index (κ3) is 2.98. The molecular formula is C15H26BrN3O. The Bertz CT molecular complexity index is 476. The maximum absolute atomic E-state index is 12.9. The summed E-state index contributed by atoms with van der Waals surface area (Å²) in [6.45, 7) is 8.95. The number of halogens is 1. The first-order valence-electron chi connectivity index (χ1n) is 7.26. The molecule has 20 heavy (non-hydrogen) atoms. The standard InChI is InChI=1S/C15H26BrN3O/c1-7-15(8-2,18(5)6)13(20)10-12-14(16)11(4)17-19(12)9-3/h7-10H2,1-6H3. The van der Waals surface area contributed by atoms with Gasteiger partial charge in [-0.1, -0.05) is 13.8 Å². The highest BCUT2D eigenvalue weighted by Crippen LogP contribution is 2.28. The van der Waals surface area contributed by atoms with Crippen LogP contribution >= 0.6 is 15.9 Å². The van der Waals surface area contributed by atoms with E-state index in [1.165, 1.54) is 0 Å². The number of aryl methyl sites for hydroxylation is 2. The highest BCUT2D eigenvalue weighted by Gasteiger charge is 2.37. The van der Waals surface area contributed by atoms with Crippen LogP contribution in [0.4, 0.5) is 0 Å². The van der Waals surface area contributed by atoms with Crippen LogP contribution in [0.2, 0.25) is 0 Å². The van der Waals surface area contributed by atoms with Crippen LogP contribution in [0.25, 0.3) is 0 Å². The fourth-order valence-electron chi connectivity index (χ4n) is 2.88. The Kier molecular flexibility index (Phi) is 5.95. The van der Waals surface area contributed by atoms with Crippen molar-refractivity contribution >= 4 is 21.7 Å². The maximum Gasteiger partial charge on any atom is 0.158 e. The first kappa shape index (κ1) is 17.4. The summed E-state index contributed by atoms with van der Waals surface area (Å²) in [5.74, 6) is 0.266. The topological polar surface area (TPSA) is 38.1 Å². The molecule has 0 unspecified atom stereocenters. The van der Waals surface area contributed by atoms with Crippen molar-refractivity contribution < 1.29 is 4.79 Å². The lowest BCUT2D eigenvalue weighted by molar-refractivity contribution is -0.129. The highest BCUT2D eigenvalue weighted by molar-refractivity contribution is 9.10. The lowest BCUT2D eigenvalue weighted by atomic mass is 9.84. The van der Waals surface area contributed by atoms with Crippen LogP contribution in [0.1, 0.15) is 45.0 Å². The minimum absolute atomic E-state index is 0.266. The zero-order chi connectivity index (χ0) is 15.5. The minimum atomic E-state index is -0.379. The van der Waals surface area contributed by atoms with E-state index in [1.807, 2.05) is 32.6 Å². The van der Waals surface area contributed by atoms with Crippen LogP contribution in [-0.2, 0) is 17.8 Å². The summed E-state index contributed by atoms with van der Waals surface area (Å²) in [4.78, 5) is 14.9. The molecule has 1 heterocycles. The molecule has 0 fully saturated rings. The number of carbonyl (C=O) groups is 1. The Labute approximate surface area is 130 Å². The smallest absolute Gasteiger partial charge is 0.158 e. The Morgan fingerprint density at radius 1 is 1.30 bits per heavy atom. The SMILES string of the molecule is CCn1nc(C)c(Br)c1CC(=O)C(CC)(CC)N(C)C. The van der Waals surface area contributed by atoms with Crippen molar-refractivity contribution in [2.75, 3.05) is 14.1 Å². The lowest BCUT2D eigenvalue weighted by Crippen LogP contribution is -2.51. The van der Waals surface area contributed by atoms with Gasteiger partial charge in [-0.15, -0.1) is 0 Å². The van der Waals surface area contributed by atoms with Crippen molar-refractivity contribution in [2.45, 2.75) is 59.0 Å². The predicted octanol–water partition coefficient (Wildman–Crippen LogP) is 3.21. The van der Waals surface area contributed by atoms with E-state index >= 15 is 0 Å². The van der Waals surface area contributed by atoms with E-state index in [-0.39, 0.29) is 11.3 Å². The van der Waals surface area contributed by atoms with Crippen LogP contribution in [0.5, 0.6) is 0 Å². The van der Waals surface area contributed by atoms with E-state index in [4.69, 9.17) is 0 Å². The summed E-state index contributed by atoms with van der Waals surface area (Å²) in [6, 6.07) is 0. The molecule has 4 nitrogen and oxygen atoms in total. The largest absolute Gasteiger partial charge is 0.297 e. The van der Waals surface area contributed by atoms with Gasteiger partial charge in [-0.2, -0.15) is 5.10 Å². The number of hydrogen-bond donors (Lipinski definition) is 0. The number of aromatic nitrogens is 2. The van der Waals surface area contributed by atoms with Crippen molar-refractivity contribution in [2.24, 2.45) is 0 Å². The second-order valence-corrected chi connectivity index (χ2v) is 6.19. The van der Waals surface area contributed by atoms with Crippen molar-refractivity contribution in [1.29, 1.82) is 0 Å². The molecule has 0 spiro atoms. The molecule has 0 aliphatic heterocycles. The molecule has 0 atom stereocenters. The summed E-state index contributed by atoms with van der Waals surface area (Å²) < 4.78 is 2.89. The number of Topliss-reactive ketones (excluding diaryl/α,β-unsaturated/α-hetero) is 1. The molecule has 0 radical (unpaired) electrons. The lowest BCUT2D eigenvalue weighted by Gasteiger charge is -2.37. The van der Waals surface area contributed by atoms with Crippen LogP contribution in [0.15, 0.2) is 4.47 Å². The van der Waals surface area contributed by atoms with Crippen molar-refractivity contribution in [3.8, 4) is 0 Å². The Balaban J connectivity index is 3.12. The van der Waals surface area contributed by atoms with Crippen molar-refractivity contribution in [1.82, 2.24) is 14.7 Å². The summed E-state index contributed by atoms with van der Waals surface area (Å²) in [5, 5.41) is 4.46. The molecule has 0 N–H and O–H groups in total. The van der Waals surface area contributed by atoms with Crippen molar-refractivity contribution in [3.05, 3.63) is 15.9 Å². The Hall–Kier alpha value is -0.680. The van der Waals surface area contributed by atoms with Gasteiger partial charge in [0.25, 0.3) is 0 Å². The van der Waals surface area contributed by atoms with E-state index in [2.05, 4.69) is 39.8 Å². The second kappa shape index (κ2) is 6.85. The molecule has 0 saturated heterocycles. The van der Waals surface area contributed by atoms with Gasteiger partial charge >= 0.3 is 0 Å². The molecule has 0 saturated carbocycles. The number of ketones is 1. The normalized spacial score (nSPS) is 12.2. The van der Waals surface area contributed by atoms with Gasteiger partial charge in [0.05, 0.1) is 27.8 Å². The van der Waals surface area contributed by atoms with Crippen LogP contribution in [0.3, 0.4) is 0 Å². The summed E-state index contributed by atoms with van der Waals surface area (Å²) in [5.41, 5.74) is 1.55. The minimum Gasteiger partial charge on any atom is -0.297 e. The fraction of sp³-hybridized carbons (Fsp3) is 0.733. The number of likely N-dealkylation sites (N-methyl/N-ethyl adjacent to an activating group) is 1. The first-order chi connectivity index (χ1) is 9.33. The Morgan fingerprint density at radius 2 is 1.85 bits per heavy atom. The van der Waals surface area contributed by atoms with Gasteiger partial charge in [-0.05, 0) is 56.7 Å². The quantitative estimate of drug-likeness (QED) is 0.762. The van der Waals surface area contributed by atoms with Gasteiger partial charge in [-0.3, -0.25) is 14.4 Å². The van der Waals surface area contributed by atoms with Gasteiger partial charge in [0, 0.05) is 6.54 Å². The van der Waals surface area contributed by atoms with E-state index in [1.54, 1.807) is 0 Å². The molecule has 0 aromatic carbocycles. The molecule has 0 aliphatic rings. The zero-order valence-electron chi connectivity index (χ0n) is 13.5. The molecule has 1 rings (SSSR count). The molecular weight excluding hydrogens is 318 g/mol. The van der Waals surface area contributed by atoms with Crippen LogP contribution < -0.4 is 0 Å². The molecule has 1 aromatic heterocycles. The average molecular weight is 344 g/mol. The van der Waals surface area contributed by atoms with Crippen molar-refractivity contribution in [3.63, 3.8) is 0 Å². The first-order valence-corrected chi connectivity index (χ1v) is 8.05. The Morgan fingerprint density at radius 3 is 2.25 bits per heavy atom. The summed E-state index contributed by atoms with van der Waals surface area (Å²) in [6.07, 6.45) is 2.08. The molecule has 0 amide bonds. The van der Waals surface area contributed by atoms with Crippen LogP contribution in [-0.4, -0.2) is 40.1 Å². The van der Waals surface area contributed by atoms with Gasteiger partial charge in [-0.25, -0.2) is 0 Å². The maximum atomic E-state index is 12.9. The molecule has 5 heteroatoms. The molecule has 0 bridgehead atoms. The van der Waals surface area contributed by atoms with Gasteiger partial charge in [0.2, 0.25) is 0 Å². The summed E-state index contributed by atoms with van der Waals surface area (Å²) >= 11 is 3.57. The fourth-order valence-corrected chi connectivity index (χ4v) is 3.30. The predicted molar refractivity (Wildman–Crippen MR) is 86.0 cm³/mol. The monoisotopic (exact) mass is 343 g/mol. The third-order valence-corrected chi connectivity index (χ3v) is 5.36. The number of rotatable bonds is 7. The molecule has 0 aliphatic carbocycles. The van der Waals surface area contributed by atoms with Gasteiger partial charge in [0.15, 0.2) is 5.78 Å². The molecule has 1 aromatic rings. The van der Waals surface area contributed by atoms with Crippen LogP contribution in [0, 0.1) is 6.92 Å². The number of carbonyl (C=O) groups excluding carboxylic acids is 1. The second-order valence-electron chi connectivity index (χ2n) is 5.39. The highest BCUT2D eigenvalue weighted by atomic mass is 79.9. The molecule has 114 valence electrons.